The molecule has 118 valence electrons. The Morgan fingerprint density at radius 1 is 1.36 bits per heavy atom. The second-order valence-electron chi connectivity index (χ2n) is 6.08. The predicted molar refractivity (Wildman–Crippen MR) is 84.9 cm³/mol. The molecule has 5 heteroatoms. The Balaban J connectivity index is 1.64. The molecule has 1 saturated carbocycles. The van der Waals surface area contributed by atoms with Crippen LogP contribution in [0.4, 0.5) is 0 Å². The smallest absolute Gasteiger partial charge is 0.240 e. The quantitative estimate of drug-likeness (QED) is 0.889. The summed E-state index contributed by atoms with van der Waals surface area (Å²) in [6.07, 6.45) is 5.53. The first-order valence-electron chi connectivity index (χ1n) is 7.72. The number of ether oxygens (including phenoxy) is 1. The summed E-state index contributed by atoms with van der Waals surface area (Å²) >= 11 is 0. The highest BCUT2D eigenvalue weighted by Gasteiger charge is 2.31. The number of hydrogen-bond donors (Lipinski definition) is 2. The average Bonchev–Trinajstić information content (AvgIpc) is 3.12. The molecular formula is C17H22N2O3. The third kappa shape index (κ3) is 3.09. The summed E-state index contributed by atoms with van der Waals surface area (Å²) in [7, 11) is 1.64. The largest absolute Gasteiger partial charge is 0.497 e. The minimum atomic E-state index is -0.707. The van der Waals surface area contributed by atoms with E-state index in [4.69, 9.17) is 4.74 Å². The fourth-order valence-electron chi connectivity index (χ4n) is 3.13. The molecule has 2 aromatic rings. The summed E-state index contributed by atoms with van der Waals surface area (Å²) in [5, 5.41) is 14.2. The number of methoxy groups -OCH3 is 1. The van der Waals surface area contributed by atoms with E-state index in [0.717, 1.165) is 42.3 Å². The van der Waals surface area contributed by atoms with Gasteiger partial charge in [-0.1, -0.05) is 12.8 Å². The molecule has 1 amide bonds. The molecule has 0 unspecified atom stereocenters. The van der Waals surface area contributed by atoms with Crippen molar-refractivity contribution in [2.75, 3.05) is 13.7 Å². The summed E-state index contributed by atoms with van der Waals surface area (Å²) in [6, 6.07) is 7.75. The van der Waals surface area contributed by atoms with Gasteiger partial charge in [-0.25, -0.2) is 0 Å². The highest BCUT2D eigenvalue weighted by atomic mass is 16.5. The topological polar surface area (TPSA) is 63.5 Å². The van der Waals surface area contributed by atoms with Crippen LogP contribution in [0.15, 0.2) is 30.5 Å². The molecule has 0 saturated heterocycles. The van der Waals surface area contributed by atoms with Gasteiger partial charge >= 0.3 is 0 Å². The van der Waals surface area contributed by atoms with E-state index in [-0.39, 0.29) is 12.5 Å². The van der Waals surface area contributed by atoms with E-state index in [2.05, 4.69) is 5.32 Å². The van der Waals surface area contributed by atoms with Crippen molar-refractivity contribution < 1.29 is 14.6 Å². The van der Waals surface area contributed by atoms with E-state index < -0.39 is 5.60 Å². The Morgan fingerprint density at radius 2 is 2.14 bits per heavy atom. The number of carbonyl (C=O) groups is 1. The number of nitrogens with one attached hydrogen (secondary N) is 1. The van der Waals surface area contributed by atoms with E-state index in [0.29, 0.717) is 6.54 Å². The van der Waals surface area contributed by atoms with Crippen LogP contribution in [0.3, 0.4) is 0 Å². The SMILES string of the molecule is COc1ccc2c(ccn2CC(=O)NCC2(O)CCCC2)c1. The van der Waals surface area contributed by atoms with Crippen LogP contribution >= 0.6 is 0 Å². The first-order valence-corrected chi connectivity index (χ1v) is 7.72. The summed E-state index contributed by atoms with van der Waals surface area (Å²) in [5.74, 6) is 0.729. The Kier molecular flexibility index (Phi) is 4.07. The van der Waals surface area contributed by atoms with Crippen molar-refractivity contribution >= 4 is 16.8 Å². The fourth-order valence-corrected chi connectivity index (χ4v) is 3.13. The minimum absolute atomic E-state index is 0.0753. The molecule has 1 aromatic carbocycles. The van der Waals surface area contributed by atoms with Crippen LogP contribution < -0.4 is 10.1 Å². The first-order chi connectivity index (χ1) is 10.6. The number of fused-ring (bicyclic) bond motifs is 1. The van der Waals surface area contributed by atoms with Gasteiger partial charge in [0.1, 0.15) is 12.3 Å². The number of benzene rings is 1. The summed E-state index contributed by atoms with van der Waals surface area (Å²) in [4.78, 5) is 12.1. The molecule has 22 heavy (non-hydrogen) atoms. The van der Waals surface area contributed by atoms with Gasteiger partial charge in [-0.3, -0.25) is 4.79 Å². The van der Waals surface area contributed by atoms with Gasteiger partial charge in [0.15, 0.2) is 0 Å². The zero-order chi connectivity index (χ0) is 15.6. The van der Waals surface area contributed by atoms with Crippen molar-refractivity contribution in [3.63, 3.8) is 0 Å². The van der Waals surface area contributed by atoms with E-state index in [9.17, 15) is 9.90 Å². The highest BCUT2D eigenvalue weighted by molar-refractivity contribution is 5.84. The Hall–Kier alpha value is -2.01. The van der Waals surface area contributed by atoms with Crippen molar-refractivity contribution in [2.24, 2.45) is 0 Å². The molecule has 1 heterocycles. The number of amides is 1. The Labute approximate surface area is 129 Å². The lowest BCUT2D eigenvalue weighted by molar-refractivity contribution is -0.122. The van der Waals surface area contributed by atoms with Crippen LogP contribution in [0.5, 0.6) is 5.75 Å². The molecule has 5 nitrogen and oxygen atoms in total. The standard InChI is InChI=1S/C17H22N2O3/c1-22-14-4-5-15-13(10-14)6-9-19(15)11-16(20)18-12-17(21)7-2-3-8-17/h4-6,9-10,21H,2-3,7-8,11-12H2,1H3,(H,18,20). The zero-order valence-electron chi connectivity index (χ0n) is 12.8. The number of aliphatic hydroxyl groups is 1. The minimum Gasteiger partial charge on any atom is -0.497 e. The van der Waals surface area contributed by atoms with Gasteiger partial charge in [-0.15, -0.1) is 0 Å². The monoisotopic (exact) mass is 302 g/mol. The molecule has 3 rings (SSSR count). The molecule has 1 aliphatic rings. The van der Waals surface area contributed by atoms with Gasteiger partial charge in [0, 0.05) is 23.6 Å². The average molecular weight is 302 g/mol. The van der Waals surface area contributed by atoms with Gasteiger partial charge < -0.3 is 19.7 Å². The van der Waals surface area contributed by atoms with E-state index >= 15 is 0 Å². The van der Waals surface area contributed by atoms with E-state index in [1.165, 1.54) is 0 Å². The lowest BCUT2D eigenvalue weighted by atomic mass is 10.0. The second kappa shape index (κ2) is 6.01. The predicted octanol–water partition coefficient (Wildman–Crippen LogP) is 2.07. The highest BCUT2D eigenvalue weighted by Crippen LogP contribution is 2.28. The van der Waals surface area contributed by atoms with Crippen molar-refractivity contribution in [2.45, 2.75) is 37.8 Å². The van der Waals surface area contributed by atoms with Crippen molar-refractivity contribution in [1.82, 2.24) is 9.88 Å². The number of aromatic nitrogens is 1. The summed E-state index contributed by atoms with van der Waals surface area (Å²) in [5.41, 5.74) is 0.289. The van der Waals surface area contributed by atoms with Crippen LogP contribution in [0.1, 0.15) is 25.7 Å². The number of nitrogens with zero attached hydrogens (tertiary/aromatic N) is 1. The third-order valence-electron chi connectivity index (χ3n) is 4.44. The van der Waals surface area contributed by atoms with Crippen LogP contribution in [-0.4, -0.2) is 34.8 Å². The molecule has 1 aromatic heterocycles. The lowest BCUT2D eigenvalue weighted by Gasteiger charge is -2.22. The number of hydrogen-bond acceptors (Lipinski definition) is 3. The lowest BCUT2D eigenvalue weighted by Crippen LogP contribution is -2.41. The maximum absolute atomic E-state index is 12.1. The summed E-state index contributed by atoms with van der Waals surface area (Å²) in [6.45, 7) is 0.602. The van der Waals surface area contributed by atoms with Gasteiger partial charge in [0.25, 0.3) is 0 Å². The van der Waals surface area contributed by atoms with Crippen molar-refractivity contribution in [3.05, 3.63) is 30.5 Å². The summed E-state index contributed by atoms with van der Waals surface area (Å²) < 4.78 is 7.11. The molecule has 0 aliphatic heterocycles. The van der Waals surface area contributed by atoms with Crippen LogP contribution in [0, 0.1) is 0 Å². The van der Waals surface area contributed by atoms with Crippen molar-refractivity contribution in [1.29, 1.82) is 0 Å². The third-order valence-corrected chi connectivity index (χ3v) is 4.44. The molecule has 2 N–H and O–H groups in total. The molecular weight excluding hydrogens is 280 g/mol. The maximum Gasteiger partial charge on any atom is 0.240 e. The van der Waals surface area contributed by atoms with Crippen molar-refractivity contribution in [3.8, 4) is 5.75 Å². The number of rotatable bonds is 5. The van der Waals surface area contributed by atoms with Crippen LogP contribution in [0.2, 0.25) is 0 Å². The van der Waals surface area contributed by atoms with E-state index in [1.54, 1.807) is 7.11 Å². The van der Waals surface area contributed by atoms with Gasteiger partial charge in [-0.05, 0) is 37.1 Å². The molecule has 0 bridgehead atoms. The van der Waals surface area contributed by atoms with Gasteiger partial charge in [-0.2, -0.15) is 0 Å². The second-order valence-corrected chi connectivity index (χ2v) is 6.08. The molecule has 0 spiro atoms. The van der Waals surface area contributed by atoms with E-state index in [1.807, 2.05) is 35.0 Å². The van der Waals surface area contributed by atoms with Gasteiger partial charge in [0.05, 0.1) is 12.7 Å². The Bertz CT molecular complexity index is 672. The van der Waals surface area contributed by atoms with Crippen LogP contribution in [-0.2, 0) is 11.3 Å². The number of carbonyl (C=O) groups excluding carboxylic acids is 1. The zero-order valence-corrected chi connectivity index (χ0v) is 12.8. The van der Waals surface area contributed by atoms with Gasteiger partial charge in [0.2, 0.25) is 5.91 Å². The molecule has 1 aliphatic carbocycles. The normalized spacial score (nSPS) is 16.8. The molecule has 1 fully saturated rings. The fraction of sp³-hybridized carbons (Fsp3) is 0.471. The first kappa shape index (κ1) is 14.9. The maximum atomic E-state index is 12.1. The molecule has 0 radical (unpaired) electrons. The molecule has 0 atom stereocenters. The Morgan fingerprint density at radius 3 is 2.86 bits per heavy atom. The van der Waals surface area contributed by atoms with Crippen LogP contribution in [0.25, 0.3) is 10.9 Å².